The summed E-state index contributed by atoms with van der Waals surface area (Å²) < 4.78 is 5.52. The molecule has 4 rings (SSSR count). The van der Waals surface area contributed by atoms with Gasteiger partial charge in [-0.1, -0.05) is 24.3 Å². The minimum absolute atomic E-state index is 0.00227. The van der Waals surface area contributed by atoms with Gasteiger partial charge in [-0.3, -0.25) is 9.78 Å². The second-order valence-corrected chi connectivity index (χ2v) is 4.75. The summed E-state index contributed by atoms with van der Waals surface area (Å²) in [6.07, 6.45) is 3.21. The fourth-order valence-corrected chi connectivity index (χ4v) is 2.39. The number of benzene rings is 1. The predicted octanol–water partition coefficient (Wildman–Crippen LogP) is 2.75. The molecule has 0 saturated heterocycles. The van der Waals surface area contributed by atoms with Crippen LogP contribution in [0.5, 0.6) is 0 Å². The molecule has 0 atom stereocenters. The third-order valence-electron chi connectivity index (χ3n) is 3.44. The molecule has 0 fully saturated rings. The highest BCUT2D eigenvalue weighted by Crippen LogP contribution is 2.36. The zero-order chi connectivity index (χ0) is 15.1. The van der Waals surface area contributed by atoms with Gasteiger partial charge in [0.2, 0.25) is 11.7 Å². The highest BCUT2D eigenvalue weighted by atomic mass is 16.4. The van der Waals surface area contributed by atoms with E-state index < -0.39 is 0 Å². The van der Waals surface area contributed by atoms with Gasteiger partial charge in [-0.25, -0.2) is 0 Å². The molecule has 0 bridgehead atoms. The Hall–Kier alpha value is -3.28. The quantitative estimate of drug-likeness (QED) is 0.781. The molecule has 0 spiro atoms. The maximum absolute atomic E-state index is 12.4. The van der Waals surface area contributed by atoms with Gasteiger partial charge in [0.25, 0.3) is 5.89 Å². The molecule has 0 saturated carbocycles. The predicted molar refractivity (Wildman–Crippen MR) is 77.7 cm³/mol. The van der Waals surface area contributed by atoms with Crippen LogP contribution in [-0.2, 0) is 0 Å². The summed E-state index contributed by atoms with van der Waals surface area (Å²) in [5, 5.41) is 18.0. The molecule has 6 heteroatoms. The summed E-state index contributed by atoms with van der Waals surface area (Å²) in [5.41, 5.74) is 1.58. The molecule has 1 aliphatic rings. The largest absolute Gasteiger partial charge is 0.506 e. The SMILES string of the molecule is O=C1C(c2nnc(-c3cccnc3)o2)=C(O)c2ccccc21. The van der Waals surface area contributed by atoms with Crippen molar-refractivity contribution in [2.75, 3.05) is 0 Å². The molecule has 0 unspecified atom stereocenters. The summed E-state index contributed by atoms with van der Waals surface area (Å²) in [5.74, 6) is -0.221. The van der Waals surface area contributed by atoms with Crippen molar-refractivity contribution in [1.82, 2.24) is 15.2 Å². The molecule has 106 valence electrons. The number of fused-ring (bicyclic) bond motifs is 1. The zero-order valence-electron chi connectivity index (χ0n) is 11.2. The standard InChI is InChI=1S/C16H9N3O3/c20-13-10-5-1-2-6-11(10)14(21)12(13)16-19-18-15(22-16)9-4-3-7-17-8-9/h1-8,20H. The van der Waals surface area contributed by atoms with Crippen molar-refractivity contribution < 1.29 is 14.3 Å². The lowest BCUT2D eigenvalue weighted by atomic mass is 10.1. The molecule has 2 aromatic heterocycles. The van der Waals surface area contributed by atoms with E-state index in [1.165, 1.54) is 0 Å². The fourth-order valence-electron chi connectivity index (χ4n) is 2.39. The number of aliphatic hydroxyl groups is 1. The summed E-state index contributed by atoms with van der Waals surface area (Å²) in [6.45, 7) is 0. The molecule has 1 aromatic carbocycles. The summed E-state index contributed by atoms with van der Waals surface area (Å²) in [7, 11) is 0. The van der Waals surface area contributed by atoms with Gasteiger partial charge in [0.1, 0.15) is 11.3 Å². The molecule has 1 aliphatic carbocycles. The number of aliphatic hydroxyl groups excluding tert-OH is 1. The minimum atomic E-state index is -0.325. The van der Waals surface area contributed by atoms with E-state index in [1.54, 1.807) is 48.8 Å². The summed E-state index contributed by atoms with van der Waals surface area (Å²) in [4.78, 5) is 16.4. The van der Waals surface area contributed by atoms with E-state index in [0.717, 1.165) is 0 Å². The van der Waals surface area contributed by atoms with Gasteiger partial charge in [0.15, 0.2) is 0 Å². The lowest BCUT2D eigenvalue weighted by Gasteiger charge is -1.95. The summed E-state index contributed by atoms with van der Waals surface area (Å²) >= 11 is 0. The van der Waals surface area contributed by atoms with Gasteiger partial charge in [0, 0.05) is 23.5 Å². The third-order valence-corrected chi connectivity index (χ3v) is 3.44. The van der Waals surface area contributed by atoms with Crippen molar-refractivity contribution in [3.63, 3.8) is 0 Å². The van der Waals surface area contributed by atoms with Gasteiger partial charge >= 0.3 is 0 Å². The number of allylic oxidation sites excluding steroid dienone is 1. The lowest BCUT2D eigenvalue weighted by Crippen LogP contribution is -1.98. The van der Waals surface area contributed by atoms with E-state index in [4.69, 9.17) is 4.42 Å². The van der Waals surface area contributed by atoms with Gasteiger partial charge in [-0.05, 0) is 12.1 Å². The first-order valence-corrected chi connectivity index (χ1v) is 6.57. The fraction of sp³-hybridized carbons (Fsp3) is 0. The van der Waals surface area contributed by atoms with Gasteiger partial charge in [-0.2, -0.15) is 0 Å². The Bertz CT molecular complexity index is 913. The number of ketones is 1. The number of carbonyl (C=O) groups excluding carboxylic acids is 1. The van der Waals surface area contributed by atoms with Crippen molar-refractivity contribution in [3.8, 4) is 11.5 Å². The van der Waals surface area contributed by atoms with Crippen molar-refractivity contribution in [2.24, 2.45) is 0 Å². The van der Waals surface area contributed by atoms with Crippen molar-refractivity contribution in [3.05, 3.63) is 65.8 Å². The van der Waals surface area contributed by atoms with Gasteiger partial charge < -0.3 is 9.52 Å². The molecular formula is C16H9N3O3. The maximum Gasteiger partial charge on any atom is 0.255 e. The van der Waals surface area contributed by atoms with Crippen LogP contribution in [0.2, 0.25) is 0 Å². The minimum Gasteiger partial charge on any atom is -0.506 e. The monoisotopic (exact) mass is 291 g/mol. The van der Waals surface area contributed by atoms with E-state index >= 15 is 0 Å². The molecule has 2 heterocycles. The number of aromatic nitrogens is 3. The maximum atomic E-state index is 12.4. The topological polar surface area (TPSA) is 89.1 Å². The molecular weight excluding hydrogens is 282 g/mol. The molecule has 0 aliphatic heterocycles. The number of hydrogen-bond donors (Lipinski definition) is 1. The van der Waals surface area contributed by atoms with Crippen LogP contribution in [0.25, 0.3) is 22.8 Å². The Labute approximate surface area is 124 Å². The second-order valence-electron chi connectivity index (χ2n) is 4.75. The van der Waals surface area contributed by atoms with E-state index in [0.29, 0.717) is 16.7 Å². The smallest absolute Gasteiger partial charge is 0.255 e. The molecule has 6 nitrogen and oxygen atoms in total. The highest BCUT2D eigenvalue weighted by molar-refractivity contribution is 6.38. The zero-order valence-corrected chi connectivity index (χ0v) is 11.2. The van der Waals surface area contributed by atoms with Crippen LogP contribution in [-0.4, -0.2) is 26.1 Å². The Morgan fingerprint density at radius 1 is 0.955 bits per heavy atom. The number of hydrogen-bond acceptors (Lipinski definition) is 6. The Balaban J connectivity index is 1.80. The van der Waals surface area contributed by atoms with Crippen molar-refractivity contribution in [2.45, 2.75) is 0 Å². The van der Waals surface area contributed by atoms with Crippen LogP contribution >= 0.6 is 0 Å². The molecule has 0 radical (unpaired) electrons. The van der Waals surface area contributed by atoms with Crippen LogP contribution in [0, 0.1) is 0 Å². The number of rotatable bonds is 2. The molecule has 0 amide bonds. The van der Waals surface area contributed by atoms with E-state index in [9.17, 15) is 9.90 Å². The van der Waals surface area contributed by atoms with Crippen LogP contribution in [0.15, 0.2) is 53.2 Å². The lowest BCUT2D eigenvalue weighted by molar-refractivity contribution is 0.105. The Morgan fingerprint density at radius 3 is 2.45 bits per heavy atom. The van der Waals surface area contributed by atoms with E-state index in [1.807, 2.05) is 0 Å². The number of Topliss-reactive ketones (excluding diaryl/α,β-unsaturated/α-hetero) is 1. The second kappa shape index (κ2) is 4.63. The first kappa shape index (κ1) is 12.5. The van der Waals surface area contributed by atoms with Crippen LogP contribution in [0.3, 0.4) is 0 Å². The van der Waals surface area contributed by atoms with Gasteiger partial charge in [0.05, 0.1) is 5.56 Å². The van der Waals surface area contributed by atoms with E-state index in [2.05, 4.69) is 15.2 Å². The third kappa shape index (κ3) is 1.74. The van der Waals surface area contributed by atoms with Crippen LogP contribution in [0.4, 0.5) is 0 Å². The Kier molecular flexibility index (Phi) is 2.62. The van der Waals surface area contributed by atoms with Gasteiger partial charge in [-0.15, -0.1) is 10.2 Å². The average Bonchev–Trinajstić information content (AvgIpc) is 3.13. The van der Waals surface area contributed by atoms with Crippen molar-refractivity contribution in [1.29, 1.82) is 0 Å². The van der Waals surface area contributed by atoms with E-state index in [-0.39, 0.29) is 28.9 Å². The highest BCUT2D eigenvalue weighted by Gasteiger charge is 2.33. The molecule has 1 N–H and O–H groups in total. The van der Waals surface area contributed by atoms with Crippen molar-refractivity contribution >= 4 is 17.1 Å². The number of carbonyl (C=O) groups is 1. The number of pyridine rings is 1. The molecule has 22 heavy (non-hydrogen) atoms. The summed E-state index contributed by atoms with van der Waals surface area (Å²) in [6, 6.07) is 10.3. The average molecular weight is 291 g/mol. The van der Waals surface area contributed by atoms with Crippen LogP contribution < -0.4 is 0 Å². The first-order valence-electron chi connectivity index (χ1n) is 6.57. The Morgan fingerprint density at radius 2 is 1.73 bits per heavy atom. The van der Waals surface area contributed by atoms with Crippen LogP contribution in [0.1, 0.15) is 21.8 Å². The normalized spacial score (nSPS) is 13.5. The first-order chi connectivity index (χ1) is 10.8. The molecule has 3 aromatic rings. The number of nitrogens with zero attached hydrogens (tertiary/aromatic N) is 3.